The van der Waals surface area contributed by atoms with Crippen LogP contribution in [0.5, 0.6) is 0 Å². The minimum atomic E-state index is -1.00. The molecule has 2 aromatic rings. The van der Waals surface area contributed by atoms with Gasteiger partial charge in [-0.1, -0.05) is 36.4 Å². The van der Waals surface area contributed by atoms with Gasteiger partial charge in [0.25, 0.3) is 0 Å². The van der Waals surface area contributed by atoms with Gasteiger partial charge in [0.15, 0.2) is 6.29 Å². The number of aliphatic hydroxyl groups excluding tert-OH is 1. The lowest BCUT2D eigenvalue weighted by Gasteiger charge is -2.39. The maximum absolute atomic E-state index is 12.2. The highest BCUT2D eigenvalue weighted by atomic mass is 16.7. The highest BCUT2D eigenvalue weighted by molar-refractivity contribution is 5.92. The largest absolute Gasteiger partial charge is 0.481 e. The van der Waals surface area contributed by atoms with Gasteiger partial charge in [0.1, 0.15) is 0 Å². The summed E-state index contributed by atoms with van der Waals surface area (Å²) in [6.45, 7) is 5.46. The Hall–Kier alpha value is -2.82. The van der Waals surface area contributed by atoms with Crippen LogP contribution in [-0.2, 0) is 25.7 Å². The molecule has 0 saturated carbocycles. The molecule has 0 aromatic heterocycles. The van der Waals surface area contributed by atoms with Crippen molar-refractivity contribution in [3.8, 4) is 0 Å². The first kappa shape index (κ1) is 28.7. The van der Waals surface area contributed by atoms with E-state index in [4.69, 9.17) is 14.6 Å². The van der Waals surface area contributed by atoms with E-state index >= 15 is 0 Å². The van der Waals surface area contributed by atoms with Gasteiger partial charge in [0.05, 0.1) is 25.2 Å². The molecule has 0 aliphatic carbocycles. The molecule has 5 rings (SSSR count). The lowest BCUT2D eigenvalue weighted by atomic mass is 9.99. The summed E-state index contributed by atoms with van der Waals surface area (Å²) < 4.78 is 13.1. The average molecular weight is 552 g/mol. The summed E-state index contributed by atoms with van der Waals surface area (Å²) in [6.07, 6.45) is 4.64. The molecule has 0 bridgehead atoms. The number of aliphatic carboxylic acids is 1. The minimum absolute atomic E-state index is 0.00148. The van der Waals surface area contributed by atoms with Crippen LogP contribution in [0.1, 0.15) is 74.0 Å². The zero-order chi connectivity index (χ0) is 27.9. The van der Waals surface area contributed by atoms with E-state index in [-0.39, 0.29) is 37.6 Å². The molecule has 9 nitrogen and oxygen atoms in total. The van der Waals surface area contributed by atoms with Gasteiger partial charge >= 0.3 is 5.97 Å². The van der Waals surface area contributed by atoms with Gasteiger partial charge in [0.2, 0.25) is 5.91 Å². The summed E-state index contributed by atoms with van der Waals surface area (Å²) in [7, 11) is 0. The van der Waals surface area contributed by atoms with Crippen molar-refractivity contribution in [1.29, 1.82) is 0 Å². The van der Waals surface area contributed by atoms with Crippen LogP contribution < -0.4 is 5.32 Å². The Balaban J connectivity index is 1.31. The zero-order valence-corrected chi connectivity index (χ0v) is 23.0. The van der Waals surface area contributed by atoms with Gasteiger partial charge < -0.3 is 29.9 Å². The number of carboxylic acid groups (broad SMARTS) is 1. The molecule has 3 aliphatic heterocycles. The summed E-state index contributed by atoms with van der Waals surface area (Å²) in [6, 6.07) is 15.8. The van der Waals surface area contributed by atoms with Crippen LogP contribution >= 0.6 is 0 Å². The van der Waals surface area contributed by atoms with Crippen molar-refractivity contribution in [3.05, 3.63) is 65.2 Å². The number of nitrogens with zero attached hydrogens (tertiary/aromatic N) is 2. The third-order valence-corrected chi connectivity index (χ3v) is 8.23. The summed E-state index contributed by atoms with van der Waals surface area (Å²) in [5.41, 5.74) is 3.28. The Kier molecular flexibility index (Phi) is 9.83. The summed E-state index contributed by atoms with van der Waals surface area (Å²) in [4.78, 5) is 28.2. The standard InChI is InChI=1S/C31H41N3O6/c35-21-22-8-10-23(11-9-22)28-18-27(20-34-16-4-7-26(34)19-33-14-1-2-15-33)39-31(40-28)24-5-3-6-25(17-24)32-29(36)12-13-30(37)38/h3,5-6,8-11,17,26-28,31,35H,1-2,4,7,12-16,18-21H2,(H,32,36)(H,37,38)/t26-,27-,28+,31+/m0/s1. The Bertz CT molecular complexity index is 1140. The van der Waals surface area contributed by atoms with Crippen LogP contribution in [0.3, 0.4) is 0 Å². The highest BCUT2D eigenvalue weighted by Crippen LogP contribution is 2.39. The normalized spacial score (nSPS) is 25.7. The van der Waals surface area contributed by atoms with E-state index in [0.717, 1.165) is 42.7 Å². The quantitative estimate of drug-likeness (QED) is 0.383. The molecule has 0 unspecified atom stereocenters. The predicted molar refractivity (Wildman–Crippen MR) is 151 cm³/mol. The third-order valence-electron chi connectivity index (χ3n) is 8.23. The van der Waals surface area contributed by atoms with Gasteiger partial charge in [0, 0.05) is 43.2 Å². The number of aliphatic hydroxyl groups is 1. The summed E-state index contributed by atoms with van der Waals surface area (Å²) in [5, 5.41) is 21.2. The van der Waals surface area contributed by atoms with Gasteiger partial charge in [-0.3, -0.25) is 14.5 Å². The van der Waals surface area contributed by atoms with Crippen LogP contribution in [0, 0.1) is 0 Å². The molecule has 3 aliphatic rings. The fourth-order valence-corrected chi connectivity index (χ4v) is 6.11. The van der Waals surface area contributed by atoms with E-state index in [1.54, 1.807) is 6.07 Å². The number of likely N-dealkylation sites (tertiary alicyclic amines) is 2. The molecule has 0 radical (unpaired) electrons. The first-order chi connectivity index (χ1) is 19.5. The van der Waals surface area contributed by atoms with Crippen molar-refractivity contribution in [2.24, 2.45) is 0 Å². The number of anilines is 1. The monoisotopic (exact) mass is 551 g/mol. The smallest absolute Gasteiger partial charge is 0.303 e. The van der Waals surface area contributed by atoms with Crippen LogP contribution in [0.25, 0.3) is 0 Å². The summed E-state index contributed by atoms with van der Waals surface area (Å²) >= 11 is 0. The fourth-order valence-electron chi connectivity index (χ4n) is 6.11. The fraction of sp³-hybridized carbons (Fsp3) is 0.548. The first-order valence-corrected chi connectivity index (χ1v) is 14.6. The molecular weight excluding hydrogens is 510 g/mol. The second-order valence-corrected chi connectivity index (χ2v) is 11.2. The Morgan fingerprint density at radius 3 is 2.48 bits per heavy atom. The van der Waals surface area contributed by atoms with Crippen LogP contribution in [-0.4, -0.2) is 76.8 Å². The molecule has 2 aromatic carbocycles. The average Bonchev–Trinajstić information content (AvgIpc) is 3.64. The summed E-state index contributed by atoms with van der Waals surface area (Å²) in [5.74, 6) is -1.35. The Morgan fingerprint density at radius 1 is 0.925 bits per heavy atom. The van der Waals surface area contributed by atoms with Crippen LogP contribution in [0.2, 0.25) is 0 Å². The molecule has 0 spiro atoms. The number of carbonyl (C=O) groups is 2. The van der Waals surface area contributed by atoms with Crippen molar-refractivity contribution >= 4 is 17.6 Å². The third kappa shape index (κ3) is 7.67. The van der Waals surface area contributed by atoms with Crippen molar-refractivity contribution < 1.29 is 29.3 Å². The van der Waals surface area contributed by atoms with Crippen molar-refractivity contribution in [2.75, 3.05) is 38.0 Å². The second kappa shape index (κ2) is 13.7. The number of benzene rings is 2. The lowest BCUT2D eigenvalue weighted by Crippen LogP contribution is -2.45. The van der Waals surface area contributed by atoms with E-state index in [2.05, 4.69) is 15.1 Å². The number of rotatable bonds is 11. The van der Waals surface area contributed by atoms with Crippen molar-refractivity contribution in [2.45, 2.75) is 76.1 Å². The van der Waals surface area contributed by atoms with Gasteiger partial charge in [-0.25, -0.2) is 0 Å². The van der Waals surface area contributed by atoms with Crippen molar-refractivity contribution in [3.63, 3.8) is 0 Å². The van der Waals surface area contributed by atoms with E-state index in [9.17, 15) is 14.7 Å². The number of amides is 1. The SMILES string of the molecule is O=C(O)CCC(=O)Nc1cccc([C@@H]2O[C@H](CN3CCC[C@H]3CN3CCCC3)C[C@H](c3ccc(CO)cc3)O2)c1. The number of hydrogen-bond donors (Lipinski definition) is 3. The van der Waals surface area contributed by atoms with Crippen molar-refractivity contribution in [1.82, 2.24) is 9.80 Å². The lowest BCUT2D eigenvalue weighted by molar-refractivity contribution is -0.253. The molecule has 3 saturated heterocycles. The molecule has 3 N–H and O–H groups in total. The topological polar surface area (TPSA) is 112 Å². The molecule has 40 heavy (non-hydrogen) atoms. The highest BCUT2D eigenvalue weighted by Gasteiger charge is 2.36. The van der Waals surface area contributed by atoms with Crippen LogP contribution in [0.4, 0.5) is 5.69 Å². The van der Waals surface area contributed by atoms with E-state index in [1.165, 1.54) is 38.8 Å². The first-order valence-electron chi connectivity index (χ1n) is 14.6. The molecule has 9 heteroatoms. The van der Waals surface area contributed by atoms with Gasteiger partial charge in [-0.2, -0.15) is 0 Å². The minimum Gasteiger partial charge on any atom is -0.481 e. The predicted octanol–water partition coefficient (Wildman–Crippen LogP) is 4.09. The molecular formula is C31H41N3O6. The maximum atomic E-state index is 12.2. The van der Waals surface area contributed by atoms with E-state index < -0.39 is 12.3 Å². The van der Waals surface area contributed by atoms with Crippen LogP contribution in [0.15, 0.2) is 48.5 Å². The number of ether oxygens (including phenoxy) is 2. The Morgan fingerprint density at radius 2 is 1.73 bits per heavy atom. The zero-order valence-electron chi connectivity index (χ0n) is 23.0. The number of carbonyl (C=O) groups excluding carboxylic acids is 1. The van der Waals surface area contributed by atoms with Gasteiger partial charge in [-0.15, -0.1) is 0 Å². The number of hydrogen-bond acceptors (Lipinski definition) is 7. The number of carboxylic acids is 1. The van der Waals surface area contributed by atoms with E-state index in [0.29, 0.717) is 11.7 Å². The molecule has 3 heterocycles. The molecule has 216 valence electrons. The van der Waals surface area contributed by atoms with Gasteiger partial charge in [-0.05, 0) is 68.6 Å². The number of nitrogens with one attached hydrogen (secondary N) is 1. The Labute approximate surface area is 236 Å². The second-order valence-electron chi connectivity index (χ2n) is 11.2. The molecule has 1 amide bonds. The molecule has 3 fully saturated rings. The molecule has 4 atom stereocenters. The van der Waals surface area contributed by atoms with E-state index in [1.807, 2.05) is 42.5 Å². The maximum Gasteiger partial charge on any atom is 0.303 e.